The minimum atomic E-state index is -0.121. The second kappa shape index (κ2) is 7.25. The lowest BCUT2D eigenvalue weighted by molar-refractivity contribution is 0.0963. The maximum Gasteiger partial charge on any atom is 0.251 e. The second-order valence-corrected chi connectivity index (χ2v) is 6.51. The van der Waals surface area contributed by atoms with Crippen LogP contribution in [0.15, 0.2) is 48.8 Å². The Bertz CT molecular complexity index is 1010. The van der Waals surface area contributed by atoms with Gasteiger partial charge in [-0.3, -0.25) is 4.79 Å². The first-order valence-corrected chi connectivity index (χ1v) is 8.89. The molecular formula is C20H17ClN4O2. The van der Waals surface area contributed by atoms with Crippen molar-refractivity contribution in [3.05, 3.63) is 64.9 Å². The number of carbonyl (C=O) groups is 1. The molecule has 0 saturated heterocycles. The van der Waals surface area contributed by atoms with Crippen LogP contribution in [0.25, 0.3) is 11.1 Å². The first-order chi connectivity index (χ1) is 13.2. The summed E-state index contributed by atoms with van der Waals surface area (Å²) >= 11 is 5.88. The quantitative estimate of drug-likeness (QED) is 0.719. The first-order valence-electron chi connectivity index (χ1n) is 8.51. The fraction of sp³-hybridized carbons (Fsp3) is 0.150. The van der Waals surface area contributed by atoms with Crippen molar-refractivity contribution in [1.82, 2.24) is 15.3 Å². The average Bonchev–Trinajstić information content (AvgIpc) is 3.20. The minimum absolute atomic E-state index is 0.121. The van der Waals surface area contributed by atoms with Crippen LogP contribution in [0.2, 0.25) is 5.02 Å². The van der Waals surface area contributed by atoms with Crippen molar-refractivity contribution in [1.29, 1.82) is 0 Å². The van der Waals surface area contributed by atoms with Gasteiger partial charge in [-0.1, -0.05) is 23.7 Å². The number of nitrogens with zero attached hydrogens (tertiary/aromatic N) is 2. The van der Waals surface area contributed by atoms with Gasteiger partial charge in [0.1, 0.15) is 5.82 Å². The zero-order chi connectivity index (χ0) is 18.8. The third-order valence-electron chi connectivity index (χ3n) is 4.37. The predicted molar refractivity (Wildman–Crippen MR) is 105 cm³/mol. The molecule has 6 nitrogen and oxygen atoms in total. The number of carbonyl (C=O) groups excluding carboxylic acids is 1. The molecule has 27 heavy (non-hydrogen) atoms. The Kier molecular flexibility index (Phi) is 4.64. The van der Waals surface area contributed by atoms with Crippen LogP contribution in [0, 0.1) is 0 Å². The molecule has 136 valence electrons. The molecule has 4 rings (SSSR count). The van der Waals surface area contributed by atoms with Crippen LogP contribution >= 0.6 is 11.6 Å². The Morgan fingerprint density at radius 1 is 1.19 bits per heavy atom. The van der Waals surface area contributed by atoms with E-state index in [1.54, 1.807) is 37.6 Å². The van der Waals surface area contributed by atoms with Crippen LogP contribution in [0.3, 0.4) is 0 Å². The van der Waals surface area contributed by atoms with Gasteiger partial charge in [-0.25, -0.2) is 9.97 Å². The highest BCUT2D eigenvalue weighted by Gasteiger charge is 2.23. The lowest BCUT2D eigenvalue weighted by atomic mass is 9.98. The molecule has 0 aliphatic carbocycles. The summed E-state index contributed by atoms with van der Waals surface area (Å²) in [7, 11) is 1.62. The summed E-state index contributed by atoms with van der Waals surface area (Å²) in [6.45, 7) is 0.589. The molecule has 0 saturated carbocycles. The molecule has 1 aromatic carbocycles. The van der Waals surface area contributed by atoms with Gasteiger partial charge in [-0.15, -0.1) is 0 Å². The number of amides is 1. The fourth-order valence-corrected chi connectivity index (χ4v) is 3.18. The summed E-state index contributed by atoms with van der Waals surface area (Å²) in [4.78, 5) is 20.7. The van der Waals surface area contributed by atoms with Gasteiger partial charge in [0, 0.05) is 42.6 Å². The van der Waals surface area contributed by atoms with E-state index in [2.05, 4.69) is 20.6 Å². The van der Waals surface area contributed by atoms with E-state index in [1.165, 1.54) is 0 Å². The van der Waals surface area contributed by atoms with Crippen LogP contribution in [0.4, 0.5) is 11.6 Å². The van der Waals surface area contributed by atoms with Crippen molar-refractivity contribution in [2.75, 3.05) is 19.0 Å². The maximum atomic E-state index is 11.9. The van der Waals surface area contributed by atoms with E-state index in [4.69, 9.17) is 16.3 Å². The molecule has 1 amide bonds. The molecule has 1 aliphatic heterocycles. The highest BCUT2D eigenvalue weighted by Crippen LogP contribution is 2.39. The number of rotatable bonds is 4. The summed E-state index contributed by atoms with van der Waals surface area (Å²) in [6, 6.07) is 11.0. The van der Waals surface area contributed by atoms with E-state index in [1.807, 2.05) is 18.2 Å². The van der Waals surface area contributed by atoms with Crippen molar-refractivity contribution >= 4 is 29.1 Å². The van der Waals surface area contributed by atoms with Crippen molar-refractivity contribution in [2.24, 2.45) is 0 Å². The highest BCUT2D eigenvalue weighted by molar-refractivity contribution is 6.30. The molecule has 2 aromatic heterocycles. The van der Waals surface area contributed by atoms with Crippen LogP contribution in [0.5, 0.6) is 5.75 Å². The number of benzene rings is 1. The van der Waals surface area contributed by atoms with Gasteiger partial charge >= 0.3 is 0 Å². The number of pyridine rings is 2. The van der Waals surface area contributed by atoms with E-state index >= 15 is 0 Å². The number of hydrogen-bond acceptors (Lipinski definition) is 5. The third-order valence-corrected chi connectivity index (χ3v) is 4.60. The van der Waals surface area contributed by atoms with Crippen molar-refractivity contribution in [3.63, 3.8) is 0 Å². The van der Waals surface area contributed by atoms with Gasteiger partial charge < -0.3 is 15.4 Å². The molecule has 7 heteroatoms. The van der Waals surface area contributed by atoms with Crippen LogP contribution in [-0.4, -0.2) is 29.5 Å². The monoisotopic (exact) mass is 380 g/mol. The zero-order valence-corrected chi connectivity index (χ0v) is 15.4. The van der Waals surface area contributed by atoms with Gasteiger partial charge in [-0.05, 0) is 29.8 Å². The lowest BCUT2D eigenvalue weighted by Gasteiger charge is -2.13. The minimum Gasteiger partial charge on any atom is -0.489 e. The zero-order valence-electron chi connectivity index (χ0n) is 14.6. The molecule has 2 N–H and O–H groups in total. The fourth-order valence-electron chi connectivity index (χ4n) is 3.07. The molecule has 0 radical (unpaired) electrons. The molecule has 1 aliphatic rings. The van der Waals surface area contributed by atoms with Gasteiger partial charge in [-0.2, -0.15) is 0 Å². The summed E-state index contributed by atoms with van der Waals surface area (Å²) in [5.74, 6) is 1.85. The Hall–Kier alpha value is -3.12. The average molecular weight is 381 g/mol. The third kappa shape index (κ3) is 3.44. The van der Waals surface area contributed by atoms with E-state index in [0.29, 0.717) is 28.8 Å². The van der Waals surface area contributed by atoms with E-state index in [0.717, 1.165) is 28.9 Å². The largest absolute Gasteiger partial charge is 0.489 e. The molecule has 3 aromatic rings. The Balaban J connectivity index is 1.71. The van der Waals surface area contributed by atoms with Crippen molar-refractivity contribution in [3.8, 4) is 16.9 Å². The molecule has 0 fully saturated rings. The number of ether oxygens (including phenoxy) is 1. The van der Waals surface area contributed by atoms with E-state index < -0.39 is 0 Å². The van der Waals surface area contributed by atoms with Gasteiger partial charge in [0.05, 0.1) is 11.6 Å². The van der Waals surface area contributed by atoms with Gasteiger partial charge in [0.15, 0.2) is 11.6 Å². The summed E-state index contributed by atoms with van der Waals surface area (Å²) in [5.41, 5.74) is 3.56. The second-order valence-electron chi connectivity index (χ2n) is 6.07. The van der Waals surface area contributed by atoms with Crippen LogP contribution < -0.4 is 15.4 Å². The summed E-state index contributed by atoms with van der Waals surface area (Å²) in [6.07, 6.45) is 4.15. The molecule has 0 atom stereocenters. The van der Waals surface area contributed by atoms with Crippen LogP contribution in [0.1, 0.15) is 15.9 Å². The van der Waals surface area contributed by atoms with E-state index in [-0.39, 0.29) is 5.91 Å². The van der Waals surface area contributed by atoms with Gasteiger partial charge in [0.2, 0.25) is 0 Å². The van der Waals surface area contributed by atoms with Gasteiger partial charge in [0.25, 0.3) is 5.91 Å². The molecule has 0 spiro atoms. The number of halogens is 1. The normalized spacial score (nSPS) is 12.2. The molecular weight excluding hydrogens is 364 g/mol. The van der Waals surface area contributed by atoms with Crippen molar-refractivity contribution in [2.45, 2.75) is 6.42 Å². The van der Waals surface area contributed by atoms with Crippen LogP contribution in [-0.2, 0) is 6.42 Å². The standard InChI is InChI=1S/C20H17ClN4O2/c1-22-20(26)13-4-2-3-12(9-13)16-11-24-19(18-15(16)7-8-27-18)25-17-6-5-14(21)10-23-17/h2-6,9-11H,7-8H2,1H3,(H,22,26)(H,23,24,25). The smallest absolute Gasteiger partial charge is 0.251 e. The van der Waals surface area contributed by atoms with E-state index in [9.17, 15) is 4.79 Å². The molecule has 3 heterocycles. The predicted octanol–water partition coefficient (Wildman–Crippen LogP) is 3.84. The number of hydrogen-bond donors (Lipinski definition) is 2. The Morgan fingerprint density at radius 2 is 2.07 bits per heavy atom. The molecule has 0 unspecified atom stereocenters. The summed E-state index contributed by atoms with van der Waals surface area (Å²) < 4.78 is 5.83. The number of nitrogens with one attached hydrogen (secondary N) is 2. The number of aromatic nitrogens is 2. The molecule has 0 bridgehead atoms. The van der Waals surface area contributed by atoms with Crippen molar-refractivity contribution < 1.29 is 9.53 Å². The Morgan fingerprint density at radius 3 is 2.85 bits per heavy atom. The first kappa shape index (κ1) is 17.3. The lowest BCUT2D eigenvalue weighted by Crippen LogP contribution is -2.17. The number of fused-ring (bicyclic) bond motifs is 1. The highest BCUT2D eigenvalue weighted by atomic mass is 35.5. The SMILES string of the molecule is CNC(=O)c1cccc(-c2cnc(Nc3ccc(Cl)cn3)c3c2CCO3)c1. The number of anilines is 2. The topological polar surface area (TPSA) is 76.1 Å². The Labute approximate surface area is 161 Å². The summed E-state index contributed by atoms with van der Waals surface area (Å²) in [5, 5.41) is 6.40. The maximum absolute atomic E-state index is 11.9.